The highest BCUT2D eigenvalue weighted by Crippen LogP contribution is 2.23. The molecule has 1 N–H and O–H groups in total. The zero-order valence-corrected chi connectivity index (χ0v) is 14.1. The number of nitrogens with one attached hydrogen (secondary N) is 1. The van der Waals surface area contributed by atoms with Crippen molar-refractivity contribution in [2.24, 2.45) is 0 Å². The highest BCUT2D eigenvalue weighted by molar-refractivity contribution is 5.95. The predicted octanol–water partition coefficient (Wildman–Crippen LogP) is 2.98. The first kappa shape index (κ1) is 17.2. The summed E-state index contributed by atoms with van der Waals surface area (Å²) in [5, 5.41) is 2.84. The molecule has 1 aromatic heterocycles. The van der Waals surface area contributed by atoms with Crippen molar-refractivity contribution in [2.75, 3.05) is 20.3 Å². The van der Waals surface area contributed by atoms with Gasteiger partial charge in [0.05, 0.1) is 13.2 Å². The van der Waals surface area contributed by atoms with Crippen molar-refractivity contribution in [3.63, 3.8) is 0 Å². The highest BCUT2D eigenvalue weighted by atomic mass is 19.1. The van der Waals surface area contributed by atoms with E-state index in [0.29, 0.717) is 31.0 Å². The van der Waals surface area contributed by atoms with Crippen molar-refractivity contribution in [3.05, 3.63) is 58.2 Å². The van der Waals surface area contributed by atoms with E-state index in [1.54, 1.807) is 25.3 Å². The first-order valence-electron chi connectivity index (χ1n) is 7.64. The van der Waals surface area contributed by atoms with Crippen LogP contribution < -0.4 is 5.32 Å². The molecule has 2 rings (SSSR count). The van der Waals surface area contributed by atoms with Gasteiger partial charge in [-0.25, -0.2) is 4.39 Å². The Morgan fingerprint density at radius 1 is 1.22 bits per heavy atom. The largest absolute Gasteiger partial charge is 0.383 e. The maximum absolute atomic E-state index is 14.0. The number of ether oxygens (including phenoxy) is 1. The van der Waals surface area contributed by atoms with Crippen LogP contribution in [0.3, 0.4) is 0 Å². The molecule has 0 aliphatic heterocycles. The second-order valence-corrected chi connectivity index (χ2v) is 5.61. The Morgan fingerprint density at radius 2 is 1.91 bits per heavy atom. The average molecular weight is 318 g/mol. The molecule has 1 aromatic carbocycles. The van der Waals surface area contributed by atoms with E-state index in [1.807, 2.05) is 25.3 Å². The summed E-state index contributed by atoms with van der Waals surface area (Å²) >= 11 is 0. The van der Waals surface area contributed by atoms with Gasteiger partial charge in [0.25, 0.3) is 5.91 Å². The Hall–Kier alpha value is -2.14. The summed E-state index contributed by atoms with van der Waals surface area (Å²) in [5.74, 6) is -0.422. The maximum atomic E-state index is 14.0. The van der Waals surface area contributed by atoms with Crippen LogP contribution in [0.15, 0.2) is 24.3 Å². The van der Waals surface area contributed by atoms with Gasteiger partial charge in [0.15, 0.2) is 0 Å². The molecule has 23 heavy (non-hydrogen) atoms. The molecule has 0 fully saturated rings. The van der Waals surface area contributed by atoms with Gasteiger partial charge in [-0.3, -0.25) is 4.79 Å². The molecule has 0 spiro atoms. The lowest BCUT2D eigenvalue weighted by Crippen LogP contribution is -2.30. The lowest BCUT2D eigenvalue weighted by atomic mass is 10.1. The SMILES string of the molecule is COCCNC(=O)c1c(C)c(C)c(C)n1Cc1ccccc1F. The van der Waals surface area contributed by atoms with E-state index >= 15 is 0 Å². The maximum Gasteiger partial charge on any atom is 0.268 e. The van der Waals surface area contributed by atoms with Gasteiger partial charge in [0, 0.05) is 24.9 Å². The molecule has 0 radical (unpaired) electrons. The number of carbonyl (C=O) groups excluding carboxylic acids is 1. The van der Waals surface area contributed by atoms with Gasteiger partial charge in [-0.1, -0.05) is 18.2 Å². The van der Waals surface area contributed by atoms with E-state index in [1.165, 1.54) is 6.07 Å². The number of halogens is 1. The van der Waals surface area contributed by atoms with E-state index in [0.717, 1.165) is 16.8 Å². The molecule has 0 saturated carbocycles. The van der Waals surface area contributed by atoms with Gasteiger partial charge < -0.3 is 14.6 Å². The van der Waals surface area contributed by atoms with E-state index in [4.69, 9.17) is 4.74 Å². The van der Waals surface area contributed by atoms with Gasteiger partial charge in [0.2, 0.25) is 0 Å². The molecule has 0 atom stereocenters. The van der Waals surface area contributed by atoms with Crippen molar-refractivity contribution >= 4 is 5.91 Å². The number of methoxy groups -OCH3 is 1. The molecule has 0 aliphatic carbocycles. The van der Waals surface area contributed by atoms with Gasteiger partial charge in [-0.2, -0.15) is 0 Å². The Bertz CT molecular complexity index is 707. The second-order valence-electron chi connectivity index (χ2n) is 5.61. The molecule has 0 saturated heterocycles. The molecular formula is C18H23FN2O2. The van der Waals surface area contributed by atoms with Crippen LogP contribution in [0.5, 0.6) is 0 Å². The number of aromatic nitrogens is 1. The number of benzene rings is 1. The van der Waals surface area contributed by atoms with Crippen molar-refractivity contribution in [1.29, 1.82) is 0 Å². The molecule has 5 heteroatoms. The summed E-state index contributed by atoms with van der Waals surface area (Å²) in [4.78, 5) is 12.5. The number of nitrogens with zero attached hydrogens (tertiary/aromatic N) is 1. The summed E-state index contributed by atoms with van der Waals surface area (Å²) in [6, 6.07) is 6.64. The van der Waals surface area contributed by atoms with Gasteiger partial charge in [0.1, 0.15) is 11.5 Å². The van der Waals surface area contributed by atoms with Gasteiger partial charge in [-0.05, 0) is 38.0 Å². The lowest BCUT2D eigenvalue weighted by Gasteiger charge is -2.13. The Kier molecular flexibility index (Phi) is 5.55. The molecule has 124 valence electrons. The van der Waals surface area contributed by atoms with Crippen LogP contribution in [0, 0.1) is 26.6 Å². The number of rotatable bonds is 6. The lowest BCUT2D eigenvalue weighted by molar-refractivity contribution is 0.0927. The fraction of sp³-hybridized carbons (Fsp3) is 0.389. The van der Waals surface area contributed by atoms with Crippen LogP contribution in [-0.4, -0.2) is 30.7 Å². The van der Waals surface area contributed by atoms with Crippen molar-refractivity contribution in [1.82, 2.24) is 9.88 Å². The van der Waals surface area contributed by atoms with Crippen molar-refractivity contribution < 1.29 is 13.9 Å². The molecule has 0 bridgehead atoms. The minimum absolute atomic E-state index is 0.160. The summed E-state index contributed by atoms with van der Waals surface area (Å²) in [5.41, 5.74) is 4.10. The Labute approximate surface area is 136 Å². The van der Waals surface area contributed by atoms with Crippen LogP contribution in [0.4, 0.5) is 4.39 Å². The molecule has 0 aliphatic rings. The van der Waals surface area contributed by atoms with E-state index in [2.05, 4.69) is 5.32 Å². The first-order chi connectivity index (χ1) is 11.0. The molecule has 0 unspecified atom stereocenters. The number of carbonyl (C=O) groups is 1. The fourth-order valence-corrected chi connectivity index (χ4v) is 2.66. The molecule has 1 amide bonds. The summed E-state index contributed by atoms with van der Waals surface area (Å²) in [7, 11) is 1.59. The first-order valence-corrected chi connectivity index (χ1v) is 7.64. The average Bonchev–Trinajstić information content (AvgIpc) is 2.74. The quantitative estimate of drug-likeness (QED) is 0.832. The number of hydrogen-bond acceptors (Lipinski definition) is 2. The molecule has 1 heterocycles. The van der Waals surface area contributed by atoms with Gasteiger partial charge in [-0.15, -0.1) is 0 Å². The van der Waals surface area contributed by atoms with E-state index < -0.39 is 0 Å². The number of amides is 1. The third kappa shape index (κ3) is 3.62. The van der Waals surface area contributed by atoms with E-state index in [-0.39, 0.29) is 11.7 Å². The summed E-state index contributed by atoms with van der Waals surface area (Å²) < 4.78 is 20.8. The van der Waals surface area contributed by atoms with Crippen molar-refractivity contribution in [2.45, 2.75) is 27.3 Å². The normalized spacial score (nSPS) is 10.8. The Morgan fingerprint density at radius 3 is 2.57 bits per heavy atom. The smallest absolute Gasteiger partial charge is 0.268 e. The minimum atomic E-state index is -0.262. The third-order valence-corrected chi connectivity index (χ3v) is 4.23. The zero-order chi connectivity index (χ0) is 17.0. The summed E-state index contributed by atoms with van der Waals surface area (Å²) in [6.45, 7) is 7.09. The number of hydrogen-bond donors (Lipinski definition) is 1. The van der Waals surface area contributed by atoms with E-state index in [9.17, 15) is 9.18 Å². The third-order valence-electron chi connectivity index (χ3n) is 4.23. The minimum Gasteiger partial charge on any atom is -0.383 e. The van der Waals surface area contributed by atoms with Crippen LogP contribution in [0.2, 0.25) is 0 Å². The summed E-state index contributed by atoms with van der Waals surface area (Å²) in [6.07, 6.45) is 0. The van der Waals surface area contributed by atoms with Crippen LogP contribution in [0.25, 0.3) is 0 Å². The predicted molar refractivity (Wildman–Crippen MR) is 88.4 cm³/mol. The molecule has 4 nitrogen and oxygen atoms in total. The molecule has 2 aromatic rings. The van der Waals surface area contributed by atoms with Crippen LogP contribution in [0.1, 0.15) is 32.9 Å². The topological polar surface area (TPSA) is 43.3 Å². The van der Waals surface area contributed by atoms with Crippen LogP contribution >= 0.6 is 0 Å². The monoisotopic (exact) mass is 318 g/mol. The standard InChI is InChI=1S/C18H23FN2O2/c1-12-13(2)17(18(22)20-9-10-23-4)21(14(12)3)11-15-7-5-6-8-16(15)19/h5-8H,9-11H2,1-4H3,(H,20,22). The Balaban J connectivity index is 2.37. The van der Waals surface area contributed by atoms with Crippen molar-refractivity contribution in [3.8, 4) is 0 Å². The zero-order valence-electron chi connectivity index (χ0n) is 14.1. The highest BCUT2D eigenvalue weighted by Gasteiger charge is 2.21. The molecular weight excluding hydrogens is 295 g/mol. The van der Waals surface area contributed by atoms with Crippen LogP contribution in [-0.2, 0) is 11.3 Å². The van der Waals surface area contributed by atoms with Gasteiger partial charge >= 0.3 is 0 Å². The fourth-order valence-electron chi connectivity index (χ4n) is 2.66. The second kappa shape index (κ2) is 7.42.